The molecule has 0 radical (unpaired) electrons. The minimum Gasteiger partial charge on any atom is -0.493 e. The van der Waals surface area contributed by atoms with Crippen molar-refractivity contribution in [3.63, 3.8) is 0 Å². The van der Waals surface area contributed by atoms with Gasteiger partial charge in [-0.1, -0.05) is 6.07 Å². The monoisotopic (exact) mass is 352 g/mol. The zero-order chi connectivity index (χ0) is 17.9. The molecule has 1 aliphatic rings. The van der Waals surface area contributed by atoms with Gasteiger partial charge < -0.3 is 14.8 Å². The predicted molar refractivity (Wildman–Crippen MR) is 82.6 cm³/mol. The highest BCUT2D eigenvalue weighted by Crippen LogP contribution is 2.26. The molecule has 0 atom stereocenters. The fourth-order valence-electron chi connectivity index (χ4n) is 2.44. The number of benzene rings is 1. The van der Waals surface area contributed by atoms with Crippen LogP contribution in [0.1, 0.15) is 21.5 Å². The van der Waals surface area contributed by atoms with E-state index in [1.807, 2.05) is 0 Å². The Labute approximate surface area is 141 Å². The van der Waals surface area contributed by atoms with Gasteiger partial charge in [0, 0.05) is 30.3 Å². The number of rotatable bonds is 5. The summed E-state index contributed by atoms with van der Waals surface area (Å²) < 4.78 is 46.9. The van der Waals surface area contributed by atoms with E-state index in [9.17, 15) is 18.0 Å². The molecule has 3 rings (SSSR count). The Morgan fingerprint density at radius 3 is 2.96 bits per heavy atom. The lowest BCUT2D eigenvalue weighted by atomic mass is 10.1. The van der Waals surface area contributed by atoms with Crippen LogP contribution in [-0.2, 0) is 13.0 Å². The number of aromatic nitrogens is 1. The topological polar surface area (TPSA) is 60.5 Å². The first-order chi connectivity index (χ1) is 11.9. The smallest absolute Gasteiger partial charge is 0.422 e. The molecule has 8 heteroatoms. The molecule has 5 nitrogen and oxygen atoms in total. The average Bonchev–Trinajstić information content (AvgIpc) is 3.05. The third-order valence-corrected chi connectivity index (χ3v) is 3.61. The van der Waals surface area contributed by atoms with E-state index in [1.54, 1.807) is 30.3 Å². The Kier molecular flexibility index (Phi) is 4.78. The van der Waals surface area contributed by atoms with Gasteiger partial charge in [-0.05, 0) is 29.8 Å². The lowest BCUT2D eigenvalue weighted by molar-refractivity contribution is -0.154. The maximum absolute atomic E-state index is 12.3. The van der Waals surface area contributed by atoms with Gasteiger partial charge in [0.1, 0.15) is 5.75 Å². The van der Waals surface area contributed by atoms with E-state index in [0.717, 1.165) is 17.7 Å². The number of alkyl halides is 3. The summed E-state index contributed by atoms with van der Waals surface area (Å²) in [6.07, 6.45) is -2.38. The van der Waals surface area contributed by atoms with Crippen LogP contribution in [0.15, 0.2) is 36.5 Å². The zero-order valence-electron chi connectivity index (χ0n) is 13.1. The fourth-order valence-corrected chi connectivity index (χ4v) is 2.44. The molecule has 0 spiro atoms. The van der Waals surface area contributed by atoms with E-state index in [1.165, 1.54) is 6.20 Å². The minimum absolute atomic E-state index is 0.00739. The second kappa shape index (κ2) is 7.00. The van der Waals surface area contributed by atoms with Crippen molar-refractivity contribution in [2.24, 2.45) is 0 Å². The second-order valence-electron chi connectivity index (χ2n) is 5.48. The molecule has 1 amide bonds. The Morgan fingerprint density at radius 1 is 1.32 bits per heavy atom. The number of nitrogens with zero attached hydrogens (tertiary/aromatic N) is 1. The molecule has 1 N–H and O–H groups in total. The SMILES string of the molecule is O=C(NCc1cccnc1OCC(F)(F)F)c1ccc2c(c1)CCO2. The van der Waals surface area contributed by atoms with Crippen molar-refractivity contribution in [1.29, 1.82) is 0 Å². The summed E-state index contributed by atoms with van der Waals surface area (Å²) in [7, 11) is 0. The second-order valence-corrected chi connectivity index (χ2v) is 5.48. The first-order valence-corrected chi connectivity index (χ1v) is 7.60. The molecule has 2 heterocycles. The first-order valence-electron chi connectivity index (χ1n) is 7.60. The Bertz CT molecular complexity index is 778. The van der Waals surface area contributed by atoms with E-state index < -0.39 is 12.8 Å². The normalized spacial score (nSPS) is 13.1. The third-order valence-electron chi connectivity index (χ3n) is 3.61. The summed E-state index contributed by atoms with van der Waals surface area (Å²) in [6, 6.07) is 8.25. The summed E-state index contributed by atoms with van der Waals surface area (Å²) in [5.74, 6) is 0.287. The van der Waals surface area contributed by atoms with Gasteiger partial charge in [-0.25, -0.2) is 4.98 Å². The van der Waals surface area contributed by atoms with Gasteiger partial charge in [0.25, 0.3) is 5.91 Å². The highest BCUT2D eigenvalue weighted by Gasteiger charge is 2.29. The standard InChI is InChI=1S/C17H15F3N2O3/c18-17(19,20)10-25-16-13(2-1-6-21-16)9-22-15(23)12-3-4-14-11(8-12)5-7-24-14/h1-4,6,8H,5,7,9-10H2,(H,22,23). The van der Waals surface area contributed by atoms with Crippen molar-refractivity contribution in [2.45, 2.75) is 19.1 Å². The van der Waals surface area contributed by atoms with Crippen LogP contribution in [0, 0.1) is 0 Å². The molecule has 0 bridgehead atoms. The molecule has 2 aromatic rings. The summed E-state index contributed by atoms with van der Waals surface area (Å²) in [5, 5.41) is 2.66. The third kappa shape index (κ3) is 4.40. The van der Waals surface area contributed by atoms with Gasteiger partial charge >= 0.3 is 6.18 Å². The number of nitrogens with one attached hydrogen (secondary N) is 1. The van der Waals surface area contributed by atoms with Crippen molar-refractivity contribution in [3.05, 3.63) is 53.2 Å². The van der Waals surface area contributed by atoms with Crippen molar-refractivity contribution in [2.75, 3.05) is 13.2 Å². The predicted octanol–water partition coefficient (Wildman–Crippen LogP) is 2.89. The van der Waals surface area contributed by atoms with Crippen LogP contribution in [0.3, 0.4) is 0 Å². The van der Waals surface area contributed by atoms with Gasteiger partial charge in [-0.3, -0.25) is 4.79 Å². The van der Waals surface area contributed by atoms with Crippen molar-refractivity contribution >= 4 is 5.91 Å². The van der Waals surface area contributed by atoms with Crippen molar-refractivity contribution in [1.82, 2.24) is 10.3 Å². The number of hydrogen-bond acceptors (Lipinski definition) is 4. The number of carbonyl (C=O) groups is 1. The molecule has 132 valence electrons. The number of halogens is 3. The van der Waals surface area contributed by atoms with E-state index in [0.29, 0.717) is 17.7 Å². The highest BCUT2D eigenvalue weighted by atomic mass is 19.4. The molecule has 0 saturated heterocycles. The van der Waals surface area contributed by atoms with E-state index >= 15 is 0 Å². The van der Waals surface area contributed by atoms with Gasteiger partial charge in [-0.15, -0.1) is 0 Å². The molecule has 0 fully saturated rings. The van der Waals surface area contributed by atoms with Crippen LogP contribution in [0.2, 0.25) is 0 Å². The van der Waals surface area contributed by atoms with E-state index in [4.69, 9.17) is 9.47 Å². The Hall–Kier alpha value is -2.77. The lowest BCUT2D eigenvalue weighted by Crippen LogP contribution is -2.24. The molecule has 0 saturated carbocycles. The largest absolute Gasteiger partial charge is 0.493 e. The average molecular weight is 352 g/mol. The molecule has 1 aliphatic heterocycles. The van der Waals surface area contributed by atoms with Crippen molar-refractivity contribution < 1.29 is 27.4 Å². The fraction of sp³-hybridized carbons (Fsp3) is 0.294. The lowest BCUT2D eigenvalue weighted by Gasteiger charge is -2.12. The summed E-state index contributed by atoms with van der Waals surface area (Å²) in [4.78, 5) is 16.0. The molecule has 1 aromatic carbocycles. The van der Waals surface area contributed by atoms with Crippen LogP contribution < -0.4 is 14.8 Å². The number of amides is 1. The molecular weight excluding hydrogens is 337 g/mol. The van der Waals surface area contributed by atoms with E-state index in [2.05, 4.69) is 10.3 Å². The Morgan fingerprint density at radius 2 is 2.16 bits per heavy atom. The molecule has 25 heavy (non-hydrogen) atoms. The first kappa shape index (κ1) is 17.1. The summed E-state index contributed by atoms with van der Waals surface area (Å²) in [6.45, 7) is -0.834. The summed E-state index contributed by atoms with van der Waals surface area (Å²) >= 11 is 0. The summed E-state index contributed by atoms with van der Waals surface area (Å²) in [5.41, 5.74) is 1.79. The van der Waals surface area contributed by atoms with E-state index in [-0.39, 0.29) is 18.3 Å². The number of fused-ring (bicyclic) bond motifs is 1. The maximum atomic E-state index is 12.3. The number of ether oxygens (including phenoxy) is 2. The maximum Gasteiger partial charge on any atom is 0.422 e. The molecular formula is C17H15F3N2O3. The van der Waals surface area contributed by atoms with Crippen LogP contribution in [0.4, 0.5) is 13.2 Å². The quantitative estimate of drug-likeness (QED) is 0.899. The Balaban J connectivity index is 1.64. The number of hydrogen-bond donors (Lipinski definition) is 1. The van der Waals surface area contributed by atoms with Gasteiger partial charge in [0.15, 0.2) is 6.61 Å². The van der Waals surface area contributed by atoms with Gasteiger partial charge in [0.2, 0.25) is 5.88 Å². The van der Waals surface area contributed by atoms with Gasteiger partial charge in [-0.2, -0.15) is 13.2 Å². The van der Waals surface area contributed by atoms with Crippen LogP contribution >= 0.6 is 0 Å². The molecule has 0 unspecified atom stereocenters. The van der Waals surface area contributed by atoms with Crippen LogP contribution in [0.25, 0.3) is 0 Å². The van der Waals surface area contributed by atoms with Crippen molar-refractivity contribution in [3.8, 4) is 11.6 Å². The van der Waals surface area contributed by atoms with Crippen LogP contribution in [-0.4, -0.2) is 30.3 Å². The highest BCUT2D eigenvalue weighted by molar-refractivity contribution is 5.94. The number of carbonyl (C=O) groups excluding carboxylic acids is 1. The number of pyridine rings is 1. The molecule has 1 aromatic heterocycles. The van der Waals surface area contributed by atoms with Crippen LogP contribution in [0.5, 0.6) is 11.6 Å². The molecule has 0 aliphatic carbocycles. The minimum atomic E-state index is -4.45. The van der Waals surface area contributed by atoms with Gasteiger partial charge in [0.05, 0.1) is 6.61 Å². The zero-order valence-corrected chi connectivity index (χ0v) is 13.1.